The van der Waals surface area contributed by atoms with Crippen molar-refractivity contribution in [3.05, 3.63) is 0 Å². The standard InChI is InChI=1S/C15H25NO/c1-14(2,16-10-17)9-15-6-11-3-12(7-15)5-13(4-11)8-15/h10-13H,3-9H2,1-2H3,(H,16,17). The molecule has 4 fully saturated rings. The maximum atomic E-state index is 10.7. The molecule has 1 N–H and O–H groups in total. The van der Waals surface area contributed by atoms with Crippen molar-refractivity contribution < 1.29 is 4.79 Å². The van der Waals surface area contributed by atoms with Gasteiger partial charge in [-0.05, 0) is 82.0 Å². The summed E-state index contributed by atoms with van der Waals surface area (Å²) in [4.78, 5) is 10.7. The van der Waals surface area contributed by atoms with Gasteiger partial charge in [-0.25, -0.2) is 0 Å². The van der Waals surface area contributed by atoms with Crippen LogP contribution in [0.15, 0.2) is 0 Å². The highest BCUT2D eigenvalue weighted by molar-refractivity contribution is 5.47. The summed E-state index contributed by atoms with van der Waals surface area (Å²) in [6, 6.07) is 0. The zero-order valence-corrected chi connectivity index (χ0v) is 11.2. The van der Waals surface area contributed by atoms with Gasteiger partial charge in [-0.1, -0.05) is 0 Å². The van der Waals surface area contributed by atoms with Crippen LogP contribution in [0.3, 0.4) is 0 Å². The lowest BCUT2D eigenvalue weighted by Crippen LogP contribution is -2.51. The van der Waals surface area contributed by atoms with E-state index in [4.69, 9.17) is 0 Å². The van der Waals surface area contributed by atoms with E-state index >= 15 is 0 Å². The van der Waals surface area contributed by atoms with Crippen molar-refractivity contribution in [2.45, 2.75) is 64.3 Å². The van der Waals surface area contributed by atoms with Crippen molar-refractivity contribution in [1.29, 1.82) is 0 Å². The molecule has 0 aromatic carbocycles. The second-order valence-corrected chi connectivity index (χ2v) is 7.74. The van der Waals surface area contributed by atoms with Crippen molar-refractivity contribution in [1.82, 2.24) is 5.32 Å². The first-order chi connectivity index (χ1) is 8.00. The highest BCUT2D eigenvalue weighted by Crippen LogP contribution is 2.62. The first kappa shape index (κ1) is 11.6. The Morgan fingerprint density at radius 1 is 1.12 bits per heavy atom. The van der Waals surface area contributed by atoms with Crippen molar-refractivity contribution in [2.24, 2.45) is 23.2 Å². The van der Waals surface area contributed by atoms with Gasteiger partial charge in [-0.3, -0.25) is 4.79 Å². The van der Waals surface area contributed by atoms with Crippen LogP contribution in [0.1, 0.15) is 58.8 Å². The molecular formula is C15H25NO. The number of rotatable bonds is 4. The smallest absolute Gasteiger partial charge is 0.207 e. The third kappa shape index (κ3) is 2.11. The first-order valence-corrected chi connectivity index (χ1v) is 7.22. The van der Waals surface area contributed by atoms with Crippen LogP contribution in [-0.2, 0) is 4.79 Å². The van der Waals surface area contributed by atoms with Gasteiger partial charge >= 0.3 is 0 Å². The summed E-state index contributed by atoms with van der Waals surface area (Å²) < 4.78 is 0. The molecule has 0 aliphatic heterocycles. The number of carbonyl (C=O) groups excluding carboxylic acids is 1. The largest absolute Gasteiger partial charge is 0.354 e. The van der Waals surface area contributed by atoms with E-state index in [0.717, 1.165) is 24.2 Å². The molecule has 0 atom stereocenters. The van der Waals surface area contributed by atoms with Gasteiger partial charge in [0.05, 0.1) is 0 Å². The minimum absolute atomic E-state index is 0.0204. The number of carbonyl (C=O) groups is 1. The lowest BCUT2D eigenvalue weighted by molar-refractivity contribution is -0.112. The zero-order chi connectivity index (χ0) is 12.1. The lowest BCUT2D eigenvalue weighted by Gasteiger charge is -2.58. The molecule has 17 heavy (non-hydrogen) atoms. The van der Waals surface area contributed by atoms with Gasteiger partial charge in [0.2, 0.25) is 6.41 Å². The van der Waals surface area contributed by atoms with Gasteiger partial charge in [0.1, 0.15) is 0 Å². The molecular weight excluding hydrogens is 210 g/mol. The van der Waals surface area contributed by atoms with E-state index in [1.807, 2.05) is 0 Å². The third-order valence-corrected chi connectivity index (χ3v) is 5.43. The molecule has 0 heterocycles. The predicted molar refractivity (Wildman–Crippen MR) is 68.5 cm³/mol. The summed E-state index contributed by atoms with van der Waals surface area (Å²) in [5.74, 6) is 3.02. The zero-order valence-electron chi connectivity index (χ0n) is 11.2. The molecule has 4 saturated carbocycles. The molecule has 0 unspecified atom stereocenters. The molecule has 0 spiro atoms. The van der Waals surface area contributed by atoms with Gasteiger partial charge in [-0.15, -0.1) is 0 Å². The second-order valence-electron chi connectivity index (χ2n) is 7.74. The summed E-state index contributed by atoms with van der Waals surface area (Å²) >= 11 is 0. The van der Waals surface area contributed by atoms with Crippen LogP contribution in [-0.4, -0.2) is 11.9 Å². The van der Waals surface area contributed by atoms with E-state index in [1.54, 1.807) is 0 Å². The monoisotopic (exact) mass is 235 g/mol. The van der Waals surface area contributed by atoms with Crippen LogP contribution in [0.25, 0.3) is 0 Å². The van der Waals surface area contributed by atoms with Crippen LogP contribution >= 0.6 is 0 Å². The Morgan fingerprint density at radius 2 is 1.59 bits per heavy atom. The SMILES string of the molecule is CC(C)(CC12CC3CC(CC(C3)C1)C2)NC=O. The summed E-state index contributed by atoms with van der Waals surface area (Å²) in [7, 11) is 0. The van der Waals surface area contributed by atoms with Crippen molar-refractivity contribution in [3.63, 3.8) is 0 Å². The molecule has 0 aromatic rings. The first-order valence-electron chi connectivity index (χ1n) is 7.22. The highest BCUT2D eigenvalue weighted by atomic mass is 16.1. The van der Waals surface area contributed by atoms with Crippen LogP contribution in [0.5, 0.6) is 0 Å². The molecule has 4 aliphatic carbocycles. The van der Waals surface area contributed by atoms with Gasteiger partial charge < -0.3 is 5.32 Å². The van der Waals surface area contributed by atoms with Crippen LogP contribution in [0.4, 0.5) is 0 Å². The lowest BCUT2D eigenvalue weighted by atomic mass is 9.48. The fourth-order valence-corrected chi connectivity index (χ4v) is 5.65. The third-order valence-electron chi connectivity index (χ3n) is 5.43. The summed E-state index contributed by atoms with van der Waals surface area (Å²) in [5.41, 5.74) is 0.543. The molecule has 1 amide bonds. The molecule has 0 radical (unpaired) electrons. The average molecular weight is 235 g/mol. The molecule has 4 rings (SSSR count). The van der Waals surface area contributed by atoms with Crippen molar-refractivity contribution in [3.8, 4) is 0 Å². The number of hydrogen-bond acceptors (Lipinski definition) is 1. The molecule has 0 aromatic heterocycles. The van der Waals surface area contributed by atoms with Gasteiger partial charge in [-0.2, -0.15) is 0 Å². The fourth-order valence-electron chi connectivity index (χ4n) is 5.65. The van der Waals surface area contributed by atoms with E-state index in [0.29, 0.717) is 5.41 Å². The van der Waals surface area contributed by atoms with E-state index in [-0.39, 0.29) is 5.54 Å². The summed E-state index contributed by atoms with van der Waals surface area (Å²) in [6.07, 6.45) is 10.9. The van der Waals surface area contributed by atoms with Crippen molar-refractivity contribution >= 4 is 6.41 Å². The number of hydrogen-bond donors (Lipinski definition) is 1. The fraction of sp³-hybridized carbons (Fsp3) is 0.933. The molecule has 2 nitrogen and oxygen atoms in total. The number of nitrogens with one attached hydrogen (secondary N) is 1. The Hall–Kier alpha value is -0.530. The summed E-state index contributed by atoms with van der Waals surface area (Å²) in [6.45, 7) is 4.36. The van der Waals surface area contributed by atoms with Gasteiger partial charge in [0, 0.05) is 5.54 Å². The maximum Gasteiger partial charge on any atom is 0.207 e. The predicted octanol–water partition coefficient (Wildman–Crippen LogP) is 3.12. The maximum absolute atomic E-state index is 10.7. The Labute approximate surface area is 105 Å². The molecule has 0 saturated heterocycles. The van der Waals surface area contributed by atoms with E-state index in [9.17, 15) is 4.79 Å². The molecule has 96 valence electrons. The van der Waals surface area contributed by atoms with E-state index in [1.165, 1.54) is 44.9 Å². The minimum atomic E-state index is -0.0204. The average Bonchev–Trinajstić information content (AvgIpc) is 2.11. The number of amides is 1. The highest BCUT2D eigenvalue weighted by Gasteiger charge is 2.52. The van der Waals surface area contributed by atoms with E-state index < -0.39 is 0 Å². The van der Waals surface area contributed by atoms with Crippen LogP contribution < -0.4 is 5.32 Å². The molecule has 2 heteroatoms. The Kier molecular flexibility index (Phi) is 2.53. The van der Waals surface area contributed by atoms with Gasteiger partial charge in [0.15, 0.2) is 0 Å². The second kappa shape index (κ2) is 3.73. The normalized spacial score (nSPS) is 43.8. The quantitative estimate of drug-likeness (QED) is 0.745. The van der Waals surface area contributed by atoms with Crippen LogP contribution in [0, 0.1) is 23.2 Å². The minimum Gasteiger partial charge on any atom is -0.354 e. The molecule has 4 bridgehead atoms. The Morgan fingerprint density at radius 3 is 2.00 bits per heavy atom. The van der Waals surface area contributed by atoms with Gasteiger partial charge in [0.25, 0.3) is 0 Å². The summed E-state index contributed by atoms with van der Waals surface area (Å²) in [5, 5.41) is 3.02. The Bertz CT molecular complexity index is 286. The van der Waals surface area contributed by atoms with Crippen LogP contribution in [0.2, 0.25) is 0 Å². The van der Waals surface area contributed by atoms with Crippen molar-refractivity contribution in [2.75, 3.05) is 0 Å². The topological polar surface area (TPSA) is 29.1 Å². The Balaban J connectivity index is 1.76. The van der Waals surface area contributed by atoms with E-state index in [2.05, 4.69) is 19.2 Å². The molecule has 4 aliphatic rings.